The molecule has 2 fully saturated rings. The van der Waals surface area contributed by atoms with Crippen LogP contribution in [0.1, 0.15) is 44.7 Å². The van der Waals surface area contributed by atoms with Gasteiger partial charge in [-0.25, -0.2) is 4.98 Å². The molecular weight excluding hydrogens is 248 g/mol. The number of nitrogens with zero attached hydrogens (tertiary/aromatic N) is 3. The zero-order chi connectivity index (χ0) is 14.1. The van der Waals surface area contributed by atoms with E-state index in [1.807, 2.05) is 19.2 Å². The van der Waals surface area contributed by atoms with E-state index in [-0.39, 0.29) is 6.04 Å². The highest BCUT2D eigenvalue weighted by Gasteiger charge is 2.33. The third kappa shape index (κ3) is 2.67. The zero-order valence-corrected chi connectivity index (χ0v) is 12.6. The molecule has 1 aromatic rings. The highest BCUT2D eigenvalue weighted by Crippen LogP contribution is 2.27. The molecule has 0 aliphatic carbocycles. The lowest BCUT2D eigenvalue weighted by atomic mass is 9.97. The Morgan fingerprint density at radius 3 is 3.00 bits per heavy atom. The van der Waals surface area contributed by atoms with Crippen molar-refractivity contribution in [2.75, 3.05) is 24.5 Å². The molecule has 3 atom stereocenters. The summed E-state index contributed by atoms with van der Waals surface area (Å²) in [6.07, 6.45) is 5.96. The Kier molecular flexibility index (Phi) is 3.94. The molecule has 3 heterocycles. The Morgan fingerprint density at radius 1 is 1.35 bits per heavy atom. The molecule has 110 valence electrons. The molecule has 20 heavy (non-hydrogen) atoms. The van der Waals surface area contributed by atoms with Crippen LogP contribution in [0.3, 0.4) is 0 Å². The van der Waals surface area contributed by atoms with Crippen LogP contribution in [-0.4, -0.2) is 41.6 Å². The van der Waals surface area contributed by atoms with Gasteiger partial charge < -0.3 is 10.6 Å². The first kappa shape index (κ1) is 13.8. The van der Waals surface area contributed by atoms with Gasteiger partial charge in [-0.3, -0.25) is 4.90 Å². The fourth-order valence-corrected chi connectivity index (χ4v) is 3.55. The number of pyridine rings is 1. The molecule has 4 heteroatoms. The lowest BCUT2D eigenvalue weighted by Crippen LogP contribution is -2.59. The van der Waals surface area contributed by atoms with Crippen molar-refractivity contribution in [2.24, 2.45) is 5.73 Å². The molecule has 2 aliphatic rings. The fourth-order valence-electron chi connectivity index (χ4n) is 3.55. The third-order valence-corrected chi connectivity index (χ3v) is 4.78. The number of aromatic nitrogens is 1. The van der Waals surface area contributed by atoms with Crippen LogP contribution in [-0.2, 0) is 0 Å². The van der Waals surface area contributed by atoms with Crippen LogP contribution in [0.5, 0.6) is 0 Å². The molecule has 0 radical (unpaired) electrons. The smallest absolute Gasteiger partial charge is 0.129 e. The summed E-state index contributed by atoms with van der Waals surface area (Å²) < 4.78 is 0. The standard InChI is InChI=1S/C16H26N4/c1-12-10-19-8-4-3-5-15(19)11-20(12)16-9-14(13(2)17)6-7-18-16/h6-7,9,12-13,15H,3-5,8,10-11,17H2,1-2H3/t12?,13-,15?/m0/s1. The molecule has 0 bridgehead atoms. The Balaban J connectivity index is 1.80. The Hall–Kier alpha value is -1.13. The fraction of sp³-hybridized carbons (Fsp3) is 0.688. The third-order valence-electron chi connectivity index (χ3n) is 4.78. The van der Waals surface area contributed by atoms with Crippen molar-refractivity contribution >= 4 is 5.82 Å². The topological polar surface area (TPSA) is 45.4 Å². The van der Waals surface area contributed by atoms with Crippen LogP contribution in [0.4, 0.5) is 5.82 Å². The Labute approximate surface area is 122 Å². The lowest BCUT2D eigenvalue weighted by Gasteiger charge is -2.48. The SMILES string of the molecule is CC1CN2CCCCC2CN1c1cc([C@H](C)N)ccn1. The van der Waals surface area contributed by atoms with E-state index >= 15 is 0 Å². The number of piperazine rings is 1. The highest BCUT2D eigenvalue weighted by molar-refractivity contribution is 5.44. The molecule has 0 spiro atoms. The molecule has 4 nitrogen and oxygen atoms in total. The van der Waals surface area contributed by atoms with Crippen molar-refractivity contribution in [3.63, 3.8) is 0 Å². The summed E-state index contributed by atoms with van der Waals surface area (Å²) in [5, 5.41) is 0. The number of piperidine rings is 1. The average Bonchev–Trinajstić information content (AvgIpc) is 2.46. The molecule has 2 aliphatic heterocycles. The van der Waals surface area contributed by atoms with Crippen molar-refractivity contribution in [1.29, 1.82) is 0 Å². The van der Waals surface area contributed by atoms with Crippen LogP contribution in [0.25, 0.3) is 0 Å². The van der Waals surface area contributed by atoms with Gasteiger partial charge in [-0.15, -0.1) is 0 Å². The Bertz CT molecular complexity index is 460. The van der Waals surface area contributed by atoms with Crippen molar-refractivity contribution in [3.05, 3.63) is 23.9 Å². The summed E-state index contributed by atoms with van der Waals surface area (Å²) in [6.45, 7) is 7.88. The van der Waals surface area contributed by atoms with E-state index in [1.54, 1.807) is 0 Å². The van der Waals surface area contributed by atoms with Gasteiger partial charge in [0, 0.05) is 37.4 Å². The van der Waals surface area contributed by atoms with Crippen LogP contribution in [0.15, 0.2) is 18.3 Å². The van der Waals surface area contributed by atoms with Gasteiger partial charge in [0.25, 0.3) is 0 Å². The van der Waals surface area contributed by atoms with E-state index in [2.05, 4.69) is 27.8 Å². The van der Waals surface area contributed by atoms with E-state index in [4.69, 9.17) is 5.73 Å². The van der Waals surface area contributed by atoms with E-state index in [9.17, 15) is 0 Å². The Morgan fingerprint density at radius 2 is 2.20 bits per heavy atom. The predicted molar refractivity (Wildman–Crippen MR) is 82.9 cm³/mol. The van der Waals surface area contributed by atoms with E-state index < -0.39 is 0 Å². The van der Waals surface area contributed by atoms with Crippen molar-refractivity contribution in [1.82, 2.24) is 9.88 Å². The van der Waals surface area contributed by atoms with Gasteiger partial charge in [-0.2, -0.15) is 0 Å². The normalized spacial score (nSPS) is 29.1. The molecule has 3 rings (SSSR count). The minimum Gasteiger partial charge on any atom is -0.351 e. The molecule has 2 saturated heterocycles. The van der Waals surface area contributed by atoms with Crippen LogP contribution in [0.2, 0.25) is 0 Å². The van der Waals surface area contributed by atoms with Gasteiger partial charge in [-0.05, 0) is 50.9 Å². The number of hydrogen-bond donors (Lipinski definition) is 1. The van der Waals surface area contributed by atoms with E-state index in [1.165, 1.54) is 31.4 Å². The maximum atomic E-state index is 6.00. The van der Waals surface area contributed by atoms with Gasteiger partial charge in [0.2, 0.25) is 0 Å². The van der Waals surface area contributed by atoms with Crippen LogP contribution >= 0.6 is 0 Å². The first-order valence-electron chi connectivity index (χ1n) is 7.87. The van der Waals surface area contributed by atoms with E-state index in [0.29, 0.717) is 12.1 Å². The summed E-state index contributed by atoms with van der Waals surface area (Å²) in [7, 11) is 0. The summed E-state index contributed by atoms with van der Waals surface area (Å²) in [5.74, 6) is 1.09. The van der Waals surface area contributed by atoms with Crippen LogP contribution in [0, 0.1) is 0 Å². The lowest BCUT2D eigenvalue weighted by molar-refractivity contribution is 0.115. The zero-order valence-electron chi connectivity index (χ0n) is 12.6. The minimum absolute atomic E-state index is 0.0722. The minimum atomic E-state index is 0.0722. The average molecular weight is 274 g/mol. The number of rotatable bonds is 2. The first-order valence-corrected chi connectivity index (χ1v) is 7.87. The van der Waals surface area contributed by atoms with Gasteiger partial charge >= 0.3 is 0 Å². The second kappa shape index (κ2) is 5.70. The molecule has 0 saturated carbocycles. The van der Waals surface area contributed by atoms with Crippen molar-refractivity contribution in [2.45, 2.75) is 51.2 Å². The van der Waals surface area contributed by atoms with E-state index in [0.717, 1.165) is 18.9 Å². The molecule has 2 N–H and O–H groups in total. The monoisotopic (exact) mass is 274 g/mol. The summed E-state index contributed by atoms with van der Waals surface area (Å²) in [4.78, 5) is 9.72. The summed E-state index contributed by atoms with van der Waals surface area (Å²) in [5.41, 5.74) is 7.17. The molecule has 1 aromatic heterocycles. The number of hydrogen-bond acceptors (Lipinski definition) is 4. The molecular formula is C16H26N4. The number of fused-ring (bicyclic) bond motifs is 1. The summed E-state index contributed by atoms with van der Waals surface area (Å²) >= 11 is 0. The number of nitrogens with two attached hydrogens (primary N) is 1. The molecule has 0 aromatic carbocycles. The second-order valence-corrected chi connectivity index (χ2v) is 6.38. The first-order chi connectivity index (χ1) is 9.65. The predicted octanol–water partition coefficient (Wildman–Crippen LogP) is 2.16. The quantitative estimate of drug-likeness (QED) is 0.897. The molecule has 2 unspecified atom stereocenters. The molecule has 0 amide bonds. The second-order valence-electron chi connectivity index (χ2n) is 6.38. The van der Waals surface area contributed by atoms with Crippen LogP contribution < -0.4 is 10.6 Å². The van der Waals surface area contributed by atoms with Gasteiger partial charge in [0.1, 0.15) is 5.82 Å². The maximum absolute atomic E-state index is 6.00. The van der Waals surface area contributed by atoms with Gasteiger partial charge in [0.05, 0.1) is 0 Å². The van der Waals surface area contributed by atoms with Crippen molar-refractivity contribution < 1.29 is 0 Å². The number of anilines is 1. The largest absolute Gasteiger partial charge is 0.351 e. The highest BCUT2D eigenvalue weighted by atomic mass is 15.3. The van der Waals surface area contributed by atoms with Crippen molar-refractivity contribution in [3.8, 4) is 0 Å². The van der Waals surface area contributed by atoms with Gasteiger partial charge in [0.15, 0.2) is 0 Å². The maximum Gasteiger partial charge on any atom is 0.129 e. The summed E-state index contributed by atoms with van der Waals surface area (Å²) in [6, 6.07) is 5.50. The van der Waals surface area contributed by atoms with Gasteiger partial charge in [-0.1, -0.05) is 6.42 Å².